The molecule has 1 aromatic heterocycles. The highest BCUT2D eigenvalue weighted by Crippen LogP contribution is 2.27. The molecule has 5 nitrogen and oxygen atoms in total. The molecule has 0 aliphatic heterocycles. The van der Waals surface area contributed by atoms with Crippen molar-refractivity contribution in [2.45, 2.75) is 39.3 Å². The van der Waals surface area contributed by atoms with E-state index < -0.39 is 0 Å². The van der Waals surface area contributed by atoms with Crippen LogP contribution in [-0.4, -0.2) is 28.1 Å². The summed E-state index contributed by atoms with van der Waals surface area (Å²) < 4.78 is 6.72. The van der Waals surface area contributed by atoms with Gasteiger partial charge in [-0.2, -0.15) is 5.10 Å². The first-order chi connectivity index (χ1) is 8.51. The fraction of sp³-hybridized carbons (Fsp3) is 0.667. The zero-order chi connectivity index (χ0) is 13.7. The van der Waals surface area contributed by atoms with Crippen molar-refractivity contribution in [1.29, 1.82) is 0 Å². The number of nitrogen functional groups attached to an aromatic ring is 1. The zero-order valence-corrected chi connectivity index (χ0v) is 12.2. The summed E-state index contributed by atoms with van der Waals surface area (Å²) in [7, 11) is 0. The van der Waals surface area contributed by atoms with Crippen LogP contribution in [0.25, 0.3) is 0 Å². The second-order valence-corrected chi connectivity index (χ2v) is 5.55. The Bertz CT molecular complexity index is 416. The van der Waals surface area contributed by atoms with E-state index in [-0.39, 0.29) is 5.97 Å². The van der Waals surface area contributed by atoms with E-state index in [0.717, 1.165) is 5.75 Å². The van der Waals surface area contributed by atoms with Crippen molar-refractivity contribution in [2.75, 3.05) is 18.1 Å². The lowest BCUT2D eigenvalue weighted by Crippen LogP contribution is -2.12. The minimum atomic E-state index is -0.388. The molecule has 0 bridgehead atoms. The molecule has 0 atom stereocenters. The lowest BCUT2D eigenvalue weighted by molar-refractivity contribution is 0.0523. The molecule has 2 N–H and O–H groups in total. The predicted molar refractivity (Wildman–Crippen MR) is 73.8 cm³/mol. The number of ether oxygens (including phenoxy) is 1. The van der Waals surface area contributed by atoms with Crippen LogP contribution < -0.4 is 5.73 Å². The van der Waals surface area contributed by atoms with E-state index in [2.05, 4.69) is 18.9 Å². The van der Waals surface area contributed by atoms with Crippen LogP contribution in [0.1, 0.15) is 38.1 Å². The molecule has 0 aliphatic carbocycles. The number of nitrogens with zero attached hydrogens (tertiary/aromatic N) is 2. The van der Waals surface area contributed by atoms with Crippen LogP contribution in [0.5, 0.6) is 0 Å². The van der Waals surface area contributed by atoms with Crippen molar-refractivity contribution in [1.82, 2.24) is 9.78 Å². The highest BCUT2D eigenvalue weighted by molar-refractivity contribution is 7.99. The van der Waals surface area contributed by atoms with Crippen molar-refractivity contribution >= 4 is 23.5 Å². The minimum absolute atomic E-state index is 0.337. The second-order valence-electron chi connectivity index (χ2n) is 4.29. The van der Waals surface area contributed by atoms with Gasteiger partial charge in [0.2, 0.25) is 0 Å². The Labute approximate surface area is 112 Å². The van der Waals surface area contributed by atoms with Crippen LogP contribution in [0.2, 0.25) is 0 Å². The van der Waals surface area contributed by atoms with Crippen LogP contribution in [0.4, 0.5) is 5.82 Å². The largest absolute Gasteiger partial charge is 0.462 e. The molecule has 0 aromatic carbocycles. The van der Waals surface area contributed by atoms with Crippen LogP contribution in [0.15, 0.2) is 5.03 Å². The van der Waals surface area contributed by atoms with Gasteiger partial charge in [0, 0.05) is 6.54 Å². The summed E-state index contributed by atoms with van der Waals surface area (Å²) in [5.41, 5.74) is 6.41. The molecule has 0 spiro atoms. The molecule has 0 saturated heterocycles. The summed E-state index contributed by atoms with van der Waals surface area (Å²) in [5, 5.41) is 5.06. The lowest BCUT2D eigenvalue weighted by Gasteiger charge is -2.07. The highest BCUT2D eigenvalue weighted by Gasteiger charge is 2.23. The Kier molecular flexibility index (Phi) is 5.53. The monoisotopic (exact) mass is 271 g/mol. The van der Waals surface area contributed by atoms with E-state index in [9.17, 15) is 4.79 Å². The number of esters is 1. The average molecular weight is 271 g/mol. The van der Waals surface area contributed by atoms with Gasteiger partial charge in [0.25, 0.3) is 0 Å². The van der Waals surface area contributed by atoms with Gasteiger partial charge in [-0.3, -0.25) is 0 Å². The van der Waals surface area contributed by atoms with Gasteiger partial charge >= 0.3 is 5.97 Å². The van der Waals surface area contributed by atoms with Gasteiger partial charge in [-0.15, -0.1) is 11.8 Å². The Morgan fingerprint density at radius 2 is 2.17 bits per heavy atom. The van der Waals surface area contributed by atoms with Gasteiger partial charge in [0.1, 0.15) is 16.4 Å². The minimum Gasteiger partial charge on any atom is -0.462 e. The first-order valence-electron chi connectivity index (χ1n) is 6.17. The predicted octanol–water partition coefficient (Wildman–Crippen LogP) is 2.41. The molecule has 0 unspecified atom stereocenters. The van der Waals surface area contributed by atoms with Gasteiger partial charge in [-0.25, -0.2) is 9.48 Å². The molecule has 0 fully saturated rings. The highest BCUT2D eigenvalue weighted by atomic mass is 32.2. The maximum Gasteiger partial charge on any atom is 0.344 e. The number of aromatic nitrogens is 2. The van der Waals surface area contributed by atoms with E-state index in [1.807, 2.05) is 6.92 Å². The third-order valence-corrected chi connectivity index (χ3v) is 3.11. The summed E-state index contributed by atoms with van der Waals surface area (Å²) in [5.74, 6) is 1.27. The number of rotatable bonds is 6. The van der Waals surface area contributed by atoms with Crippen LogP contribution >= 0.6 is 11.8 Å². The fourth-order valence-electron chi connectivity index (χ4n) is 1.57. The number of anilines is 1. The molecule has 1 aromatic rings. The third kappa shape index (κ3) is 3.41. The Balaban J connectivity index is 3.11. The topological polar surface area (TPSA) is 70.1 Å². The summed E-state index contributed by atoms with van der Waals surface area (Å²) in [4.78, 5) is 11.9. The standard InChI is InChI=1S/C12H21N3O2S/c1-5-17-12(16)9-10(13)15(7-8(3)4)14-11(9)18-6-2/h8H,5-7,13H2,1-4H3. The van der Waals surface area contributed by atoms with Crippen molar-refractivity contribution in [3.05, 3.63) is 5.56 Å². The number of nitrogens with two attached hydrogens (primary N) is 1. The molecule has 0 radical (unpaired) electrons. The molecular weight excluding hydrogens is 250 g/mol. The van der Waals surface area contributed by atoms with Crippen molar-refractivity contribution in [2.24, 2.45) is 5.92 Å². The Hall–Kier alpha value is -1.17. The molecule has 0 saturated carbocycles. The van der Waals surface area contributed by atoms with Crippen molar-refractivity contribution in [3.8, 4) is 0 Å². The normalized spacial score (nSPS) is 10.9. The van der Waals surface area contributed by atoms with Crippen molar-refractivity contribution in [3.63, 3.8) is 0 Å². The van der Waals surface area contributed by atoms with Gasteiger partial charge in [0.05, 0.1) is 6.61 Å². The summed E-state index contributed by atoms with van der Waals surface area (Å²) in [6.45, 7) is 8.98. The maximum atomic E-state index is 11.9. The van der Waals surface area contributed by atoms with Crippen LogP contribution in [0, 0.1) is 5.92 Å². The number of carbonyl (C=O) groups is 1. The molecule has 0 aliphatic rings. The SMILES string of the molecule is CCOC(=O)c1c(SCC)nn(CC(C)C)c1N. The lowest BCUT2D eigenvalue weighted by atomic mass is 10.2. The van der Waals surface area contributed by atoms with Crippen LogP contribution in [-0.2, 0) is 11.3 Å². The van der Waals surface area contributed by atoms with E-state index in [1.165, 1.54) is 11.8 Å². The molecule has 18 heavy (non-hydrogen) atoms. The zero-order valence-electron chi connectivity index (χ0n) is 11.4. The van der Waals surface area contributed by atoms with E-state index in [4.69, 9.17) is 10.5 Å². The smallest absolute Gasteiger partial charge is 0.344 e. The van der Waals surface area contributed by atoms with E-state index in [0.29, 0.717) is 35.5 Å². The van der Waals surface area contributed by atoms with Crippen molar-refractivity contribution < 1.29 is 9.53 Å². The molecule has 1 rings (SSSR count). The van der Waals surface area contributed by atoms with Crippen LogP contribution in [0.3, 0.4) is 0 Å². The van der Waals surface area contributed by atoms with Gasteiger partial charge in [0.15, 0.2) is 0 Å². The third-order valence-electron chi connectivity index (χ3n) is 2.26. The van der Waals surface area contributed by atoms with Gasteiger partial charge in [-0.05, 0) is 18.6 Å². The fourth-order valence-corrected chi connectivity index (χ4v) is 2.33. The second kappa shape index (κ2) is 6.68. The molecule has 0 amide bonds. The number of thioether (sulfide) groups is 1. The number of hydrogen-bond acceptors (Lipinski definition) is 5. The van der Waals surface area contributed by atoms with Gasteiger partial charge < -0.3 is 10.5 Å². The molecule has 1 heterocycles. The summed E-state index contributed by atoms with van der Waals surface area (Å²) in [6.07, 6.45) is 0. The number of carbonyl (C=O) groups excluding carboxylic acids is 1. The average Bonchev–Trinajstić information content (AvgIpc) is 2.56. The quantitative estimate of drug-likeness (QED) is 0.635. The molecular formula is C12H21N3O2S. The number of hydrogen-bond donors (Lipinski definition) is 1. The van der Waals surface area contributed by atoms with E-state index in [1.54, 1.807) is 11.6 Å². The first-order valence-corrected chi connectivity index (χ1v) is 7.15. The summed E-state index contributed by atoms with van der Waals surface area (Å²) >= 11 is 1.51. The molecule has 102 valence electrons. The Morgan fingerprint density at radius 3 is 2.67 bits per heavy atom. The molecule has 6 heteroatoms. The summed E-state index contributed by atoms with van der Waals surface area (Å²) in [6, 6.07) is 0. The first kappa shape index (κ1) is 14.9. The maximum absolute atomic E-state index is 11.9. The van der Waals surface area contributed by atoms with E-state index >= 15 is 0 Å². The van der Waals surface area contributed by atoms with Gasteiger partial charge in [-0.1, -0.05) is 20.8 Å². The Morgan fingerprint density at radius 1 is 1.50 bits per heavy atom.